The third-order valence-corrected chi connectivity index (χ3v) is 5.58. The van der Waals surface area contributed by atoms with Gasteiger partial charge in [0, 0.05) is 14.9 Å². The molecule has 3 aromatic rings. The lowest BCUT2D eigenvalue weighted by Crippen LogP contribution is -2.33. The Balaban J connectivity index is 2.21. The maximum atomic E-state index is 11.3. The Morgan fingerprint density at radius 3 is 2.64 bits per heavy atom. The molecule has 0 aliphatic rings. The second-order valence-electron chi connectivity index (χ2n) is 5.38. The largest absolute Gasteiger partial charge is 0.480 e. The molecule has 1 aromatic carbocycles. The van der Waals surface area contributed by atoms with Crippen molar-refractivity contribution in [2.24, 2.45) is 0 Å². The van der Waals surface area contributed by atoms with Crippen LogP contribution in [0.3, 0.4) is 0 Å². The molecule has 1 atom stereocenters. The van der Waals surface area contributed by atoms with Gasteiger partial charge in [0.05, 0.1) is 12.0 Å². The van der Waals surface area contributed by atoms with Gasteiger partial charge < -0.3 is 15.5 Å². The number of benzene rings is 1. The van der Waals surface area contributed by atoms with Crippen molar-refractivity contribution in [1.29, 1.82) is 0 Å². The van der Waals surface area contributed by atoms with Gasteiger partial charge in [0.25, 0.3) is 0 Å². The van der Waals surface area contributed by atoms with Crippen molar-refractivity contribution in [3.63, 3.8) is 0 Å². The summed E-state index contributed by atoms with van der Waals surface area (Å²) in [6.07, 6.45) is 2.23. The molecule has 25 heavy (non-hydrogen) atoms. The van der Waals surface area contributed by atoms with Crippen LogP contribution in [-0.2, 0) is 11.2 Å². The Kier molecular flexibility index (Phi) is 5.31. The number of hydrogen-bond donors (Lipinski definition) is 3. The number of carbonyl (C=O) groups is 1. The van der Waals surface area contributed by atoms with Crippen LogP contribution in [0.15, 0.2) is 35.1 Å². The maximum absolute atomic E-state index is 11.3. The molecule has 8 heteroatoms. The second-order valence-corrected chi connectivity index (χ2v) is 7.38. The number of carboxylic acids is 1. The number of aliphatic hydroxyl groups excluding tert-OH is 1. The maximum Gasteiger partial charge on any atom is 0.328 e. The second kappa shape index (κ2) is 7.47. The van der Waals surface area contributed by atoms with Crippen LogP contribution < -0.4 is 5.32 Å². The van der Waals surface area contributed by atoms with Crippen molar-refractivity contribution in [3.05, 3.63) is 39.9 Å². The van der Waals surface area contributed by atoms with E-state index in [0.29, 0.717) is 5.82 Å². The number of thiophene rings is 1. The molecule has 0 saturated carbocycles. The molecule has 0 aliphatic heterocycles. The van der Waals surface area contributed by atoms with Crippen LogP contribution in [0, 0.1) is 0 Å². The van der Waals surface area contributed by atoms with Crippen molar-refractivity contribution >= 4 is 49.3 Å². The Morgan fingerprint density at radius 2 is 2.04 bits per heavy atom. The van der Waals surface area contributed by atoms with Crippen LogP contribution in [0.2, 0.25) is 0 Å². The average molecular weight is 422 g/mol. The lowest BCUT2D eigenvalue weighted by Gasteiger charge is -2.14. The fourth-order valence-electron chi connectivity index (χ4n) is 2.61. The third-order valence-electron chi connectivity index (χ3n) is 3.81. The Bertz CT molecular complexity index is 911. The van der Waals surface area contributed by atoms with E-state index >= 15 is 0 Å². The predicted octanol–water partition coefficient (Wildman–Crippen LogP) is 3.54. The molecule has 0 aliphatic carbocycles. The highest BCUT2D eigenvalue weighted by atomic mass is 79.9. The van der Waals surface area contributed by atoms with Crippen molar-refractivity contribution in [3.8, 4) is 11.1 Å². The van der Waals surface area contributed by atoms with Crippen molar-refractivity contribution in [2.45, 2.75) is 19.4 Å². The van der Waals surface area contributed by atoms with Crippen LogP contribution in [-0.4, -0.2) is 38.8 Å². The van der Waals surface area contributed by atoms with Crippen molar-refractivity contribution < 1.29 is 15.0 Å². The molecular weight excluding hydrogens is 406 g/mol. The number of aliphatic carboxylic acids is 1. The number of carboxylic acid groups (broad SMARTS) is 1. The zero-order valence-corrected chi connectivity index (χ0v) is 15.8. The summed E-state index contributed by atoms with van der Waals surface area (Å²) < 4.78 is 0.981. The van der Waals surface area contributed by atoms with Gasteiger partial charge in [-0.15, -0.1) is 11.3 Å². The zero-order valence-electron chi connectivity index (χ0n) is 13.4. The Hall–Kier alpha value is -2.03. The van der Waals surface area contributed by atoms with E-state index in [9.17, 15) is 15.0 Å². The fraction of sp³-hybridized carbons (Fsp3) is 0.235. The number of halogens is 1. The number of aromatic nitrogens is 2. The first kappa shape index (κ1) is 17.8. The van der Waals surface area contributed by atoms with E-state index in [1.54, 1.807) is 11.3 Å². The van der Waals surface area contributed by atoms with Crippen LogP contribution >= 0.6 is 27.3 Å². The number of rotatable bonds is 6. The molecule has 3 rings (SSSR count). The minimum Gasteiger partial charge on any atom is -0.480 e. The van der Waals surface area contributed by atoms with Crippen LogP contribution in [0.4, 0.5) is 5.82 Å². The summed E-state index contributed by atoms with van der Waals surface area (Å²) in [4.78, 5) is 21.8. The summed E-state index contributed by atoms with van der Waals surface area (Å²) in [6.45, 7) is 1.54. The summed E-state index contributed by atoms with van der Waals surface area (Å²) >= 11 is 5.01. The van der Waals surface area contributed by atoms with Crippen molar-refractivity contribution in [2.75, 3.05) is 11.9 Å². The van der Waals surface area contributed by atoms with Gasteiger partial charge in [-0.05, 0) is 24.1 Å². The zero-order chi connectivity index (χ0) is 18.0. The lowest BCUT2D eigenvalue weighted by molar-refractivity contribution is -0.138. The van der Waals surface area contributed by atoms with Gasteiger partial charge in [-0.3, -0.25) is 0 Å². The first-order valence-electron chi connectivity index (χ1n) is 7.67. The monoisotopic (exact) mass is 421 g/mol. The SMILES string of the molecule is CCc1sc2ncnc(NC(CO)C(=O)O)c2c1-c1ccc(Br)cc1. The van der Waals surface area contributed by atoms with Crippen LogP contribution in [0.1, 0.15) is 11.8 Å². The van der Waals surface area contributed by atoms with E-state index in [4.69, 9.17) is 0 Å². The van der Waals surface area contributed by atoms with Gasteiger partial charge in [-0.2, -0.15) is 0 Å². The predicted molar refractivity (Wildman–Crippen MR) is 102 cm³/mol. The van der Waals surface area contributed by atoms with Crippen LogP contribution in [0.5, 0.6) is 0 Å². The number of aliphatic hydroxyl groups is 1. The third kappa shape index (κ3) is 3.51. The molecule has 0 bridgehead atoms. The molecule has 0 radical (unpaired) electrons. The smallest absolute Gasteiger partial charge is 0.328 e. The summed E-state index contributed by atoms with van der Waals surface area (Å²) in [5, 5.41) is 22.1. The number of anilines is 1. The number of nitrogens with one attached hydrogen (secondary N) is 1. The topological polar surface area (TPSA) is 95.3 Å². The van der Waals surface area contributed by atoms with Gasteiger partial charge in [-0.1, -0.05) is 35.0 Å². The number of fused-ring (bicyclic) bond motifs is 1. The summed E-state index contributed by atoms with van der Waals surface area (Å²) in [5.41, 5.74) is 2.01. The minimum absolute atomic E-state index is 0.417. The standard InChI is InChI=1S/C17H16BrN3O3S/c1-2-12-13(9-3-5-10(18)6-4-9)14-15(19-8-20-16(14)25-12)21-11(7-22)17(23)24/h3-6,8,11,22H,2,7H2,1H3,(H,23,24)(H,19,20,21). The summed E-state index contributed by atoms with van der Waals surface area (Å²) in [7, 11) is 0. The van der Waals surface area contributed by atoms with Crippen LogP contribution in [0.25, 0.3) is 21.3 Å². The van der Waals surface area contributed by atoms with Gasteiger partial charge in [0.15, 0.2) is 0 Å². The summed E-state index contributed by atoms with van der Waals surface area (Å²) in [5.74, 6) is -0.717. The normalized spacial score (nSPS) is 12.3. The first-order chi connectivity index (χ1) is 12.0. The molecule has 3 N–H and O–H groups in total. The molecule has 2 aromatic heterocycles. The van der Waals surface area contributed by atoms with E-state index in [1.807, 2.05) is 24.3 Å². The molecule has 0 saturated heterocycles. The molecule has 1 unspecified atom stereocenters. The molecule has 130 valence electrons. The molecule has 2 heterocycles. The van der Waals surface area contributed by atoms with Gasteiger partial charge in [0.2, 0.25) is 0 Å². The average Bonchev–Trinajstić information content (AvgIpc) is 2.99. The molecule has 0 amide bonds. The fourth-order valence-corrected chi connectivity index (χ4v) is 3.97. The number of nitrogens with zero attached hydrogens (tertiary/aromatic N) is 2. The van der Waals surface area contributed by atoms with Gasteiger partial charge in [-0.25, -0.2) is 14.8 Å². The minimum atomic E-state index is -1.13. The van der Waals surface area contributed by atoms with E-state index in [2.05, 4.69) is 38.1 Å². The Labute approximate surface area is 156 Å². The number of hydrogen-bond acceptors (Lipinski definition) is 6. The first-order valence-corrected chi connectivity index (χ1v) is 9.28. The van der Waals surface area contributed by atoms with E-state index in [0.717, 1.165) is 37.1 Å². The molecule has 6 nitrogen and oxygen atoms in total. The highest BCUT2D eigenvalue weighted by Gasteiger charge is 2.22. The van der Waals surface area contributed by atoms with Crippen molar-refractivity contribution in [1.82, 2.24) is 9.97 Å². The lowest BCUT2D eigenvalue weighted by atomic mass is 10.0. The molecule has 0 fully saturated rings. The quantitative estimate of drug-likeness (QED) is 0.563. The van der Waals surface area contributed by atoms with E-state index in [-0.39, 0.29) is 0 Å². The Morgan fingerprint density at radius 1 is 1.32 bits per heavy atom. The highest BCUT2D eigenvalue weighted by Crippen LogP contribution is 2.41. The highest BCUT2D eigenvalue weighted by molar-refractivity contribution is 9.10. The molecule has 0 spiro atoms. The summed E-state index contributed by atoms with van der Waals surface area (Å²) in [6, 6.07) is 6.80. The molecular formula is C17H16BrN3O3S. The van der Waals surface area contributed by atoms with Gasteiger partial charge >= 0.3 is 5.97 Å². The van der Waals surface area contributed by atoms with Gasteiger partial charge in [0.1, 0.15) is 23.0 Å². The van der Waals surface area contributed by atoms with E-state index in [1.165, 1.54) is 6.33 Å². The van der Waals surface area contributed by atoms with E-state index < -0.39 is 18.6 Å². The number of aryl methyl sites for hydroxylation is 1.